The Hall–Kier alpha value is -3.32. The molecule has 7 nitrogen and oxygen atoms in total. The Morgan fingerprint density at radius 2 is 2.04 bits per heavy atom. The zero-order valence-corrected chi connectivity index (χ0v) is 15.1. The number of rotatable bonds is 6. The molecule has 0 radical (unpaired) electrons. The molecule has 2 amide bonds. The van der Waals surface area contributed by atoms with Crippen LogP contribution in [0.4, 0.5) is 11.4 Å². The molecule has 0 saturated carbocycles. The van der Waals surface area contributed by atoms with Crippen molar-refractivity contribution in [2.24, 2.45) is 0 Å². The molecule has 0 aliphatic carbocycles. The average Bonchev–Trinajstić information content (AvgIpc) is 2.68. The second kappa shape index (κ2) is 8.37. The van der Waals surface area contributed by atoms with Gasteiger partial charge in [0.2, 0.25) is 5.91 Å². The van der Waals surface area contributed by atoms with Gasteiger partial charge in [-0.2, -0.15) is 0 Å². The minimum absolute atomic E-state index is 0.00903. The maximum absolute atomic E-state index is 12.1. The van der Waals surface area contributed by atoms with E-state index in [-0.39, 0.29) is 25.2 Å². The summed E-state index contributed by atoms with van der Waals surface area (Å²) in [4.78, 5) is 25.3. The molecule has 27 heavy (non-hydrogen) atoms. The first-order chi connectivity index (χ1) is 13.1. The van der Waals surface area contributed by atoms with Crippen LogP contribution in [0.5, 0.6) is 11.5 Å². The summed E-state index contributed by atoms with van der Waals surface area (Å²) in [6.45, 7) is 0.178. The predicted octanol–water partition coefficient (Wildman–Crippen LogP) is 2.68. The van der Waals surface area contributed by atoms with Crippen LogP contribution in [0.1, 0.15) is 5.56 Å². The summed E-state index contributed by atoms with van der Waals surface area (Å²) in [5.74, 6) is 0.872. The highest BCUT2D eigenvalue weighted by Crippen LogP contribution is 2.33. The first kappa shape index (κ1) is 18.5. The number of likely N-dealkylation sites (N-methyl/N-ethyl adjacent to an activating group) is 1. The van der Waals surface area contributed by atoms with Gasteiger partial charge in [-0.15, -0.1) is 0 Å². The number of hydrogen-bond acceptors (Lipinski definition) is 5. The molecule has 0 atom stereocenters. The Morgan fingerprint density at radius 3 is 2.78 bits per heavy atom. The van der Waals surface area contributed by atoms with Gasteiger partial charge in [-0.3, -0.25) is 9.59 Å². The molecule has 0 spiro atoms. The number of hydrogen-bond donors (Lipinski definition) is 1. The number of fused-ring (bicyclic) bond motifs is 1. The van der Waals surface area contributed by atoms with Crippen molar-refractivity contribution in [3.8, 4) is 11.5 Å². The van der Waals surface area contributed by atoms with Gasteiger partial charge in [-0.25, -0.2) is 0 Å². The number of anilines is 2. The summed E-state index contributed by atoms with van der Waals surface area (Å²) < 4.78 is 15.6. The van der Waals surface area contributed by atoms with Crippen LogP contribution < -0.4 is 19.7 Å². The summed E-state index contributed by atoms with van der Waals surface area (Å²) >= 11 is 0. The molecule has 1 heterocycles. The van der Waals surface area contributed by atoms with Crippen molar-refractivity contribution in [1.82, 2.24) is 0 Å². The standard InChI is InChI=1S/C20H20N2O5/c1-22-17-9-6-15(11-18(17)26-12-20(22)24)21-19(23)10-5-14-3-7-16(8-4-14)27-13-25-2/h3-11H,12-13H2,1-2H3,(H,21,23)/b10-5+. The van der Waals surface area contributed by atoms with E-state index < -0.39 is 0 Å². The minimum atomic E-state index is -0.269. The van der Waals surface area contributed by atoms with Gasteiger partial charge in [0, 0.05) is 32.0 Å². The monoisotopic (exact) mass is 368 g/mol. The Balaban J connectivity index is 1.61. The van der Waals surface area contributed by atoms with Crippen LogP contribution in [0.15, 0.2) is 48.5 Å². The van der Waals surface area contributed by atoms with E-state index in [1.807, 2.05) is 12.1 Å². The van der Waals surface area contributed by atoms with Crippen molar-refractivity contribution in [3.05, 3.63) is 54.1 Å². The van der Waals surface area contributed by atoms with Gasteiger partial charge in [-0.1, -0.05) is 12.1 Å². The molecule has 1 N–H and O–H groups in total. The highest BCUT2D eigenvalue weighted by atomic mass is 16.7. The smallest absolute Gasteiger partial charge is 0.264 e. The maximum Gasteiger partial charge on any atom is 0.264 e. The minimum Gasteiger partial charge on any atom is -0.481 e. The topological polar surface area (TPSA) is 77.1 Å². The Bertz CT molecular complexity index is 861. The van der Waals surface area contributed by atoms with Crippen molar-refractivity contribution < 1.29 is 23.8 Å². The molecule has 7 heteroatoms. The summed E-state index contributed by atoms with van der Waals surface area (Å²) in [6.07, 6.45) is 3.15. The SMILES string of the molecule is COCOc1ccc(/C=C/C(=O)Nc2ccc3c(c2)OCC(=O)N3C)cc1. The first-order valence-corrected chi connectivity index (χ1v) is 8.31. The third-order valence-corrected chi connectivity index (χ3v) is 3.96. The van der Waals surface area contributed by atoms with Crippen LogP contribution in [-0.2, 0) is 14.3 Å². The van der Waals surface area contributed by atoms with Crippen LogP contribution in [0.25, 0.3) is 6.08 Å². The molecule has 0 bridgehead atoms. The fraction of sp³-hybridized carbons (Fsp3) is 0.200. The number of benzene rings is 2. The van der Waals surface area contributed by atoms with E-state index >= 15 is 0 Å². The summed E-state index contributed by atoms with van der Waals surface area (Å²) in [5, 5.41) is 2.78. The van der Waals surface area contributed by atoms with Crippen molar-refractivity contribution in [2.75, 3.05) is 37.8 Å². The number of nitrogens with zero attached hydrogens (tertiary/aromatic N) is 1. The number of ether oxygens (including phenoxy) is 3. The van der Waals surface area contributed by atoms with Gasteiger partial charge >= 0.3 is 0 Å². The van der Waals surface area contributed by atoms with Crippen LogP contribution in [-0.4, -0.2) is 39.4 Å². The first-order valence-electron chi connectivity index (χ1n) is 8.31. The second-order valence-corrected chi connectivity index (χ2v) is 5.87. The van der Waals surface area contributed by atoms with Crippen LogP contribution in [0, 0.1) is 0 Å². The third kappa shape index (κ3) is 4.65. The van der Waals surface area contributed by atoms with E-state index in [9.17, 15) is 9.59 Å². The van der Waals surface area contributed by atoms with Gasteiger partial charge in [0.1, 0.15) is 11.5 Å². The third-order valence-electron chi connectivity index (χ3n) is 3.96. The van der Waals surface area contributed by atoms with E-state index in [0.717, 1.165) is 5.56 Å². The molecule has 3 rings (SSSR count). The number of amides is 2. The Morgan fingerprint density at radius 1 is 1.26 bits per heavy atom. The van der Waals surface area contributed by atoms with Crippen molar-refractivity contribution >= 4 is 29.3 Å². The van der Waals surface area contributed by atoms with E-state index in [2.05, 4.69) is 5.32 Å². The molecular weight excluding hydrogens is 348 g/mol. The summed E-state index contributed by atoms with van der Waals surface area (Å²) in [5.41, 5.74) is 2.13. The molecule has 1 aliphatic rings. The Labute approximate surface area is 157 Å². The van der Waals surface area contributed by atoms with Crippen LogP contribution >= 0.6 is 0 Å². The number of carbonyl (C=O) groups is 2. The van der Waals surface area contributed by atoms with Crippen LogP contribution in [0.3, 0.4) is 0 Å². The highest BCUT2D eigenvalue weighted by Gasteiger charge is 2.22. The zero-order chi connectivity index (χ0) is 19.2. The summed E-state index contributed by atoms with van der Waals surface area (Å²) in [6, 6.07) is 12.5. The van der Waals surface area contributed by atoms with E-state index in [0.29, 0.717) is 22.9 Å². The van der Waals surface area contributed by atoms with Crippen molar-refractivity contribution in [1.29, 1.82) is 0 Å². The molecule has 2 aromatic rings. The van der Waals surface area contributed by atoms with Crippen molar-refractivity contribution in [3.63, 3.8) is 0 Å². The fourth-order valence-electron chi connectivity index (χ4n) is 2.51. The maximum atomic E-state index is 12.1. The average molecular weight is 368 g/mol. The number of methoxy groups -OCH3 is 1. The van der Waals surface area contributed by atoms with Gasteiger partial charge in [0.15, 0.2) is 13.4 Å². The quantitative estimate of drug-likeness (QED) is 0.627. The molecule has 2 aromatic carbocycles. The Kier molecular flexibility index (Phi) is 5.73. The zero-order valence-electron chi connectivity index (χ0n) is 15.1. The lowest BCUT2D eigenvalue weighted by Gasteiger charge is -2.26. The molecule has 0 fully saturated rings. The molecule has 140 valence electrons. The van der Waals surface area contributed by atoms with E-state index in [4.69, 9.17) is 14.2 Å². The molecule has 0 aromatic heterocycles. The normalized spacial score (nSPS) is 13.3. The lowest BCUT2D eigenvalue weighted by molar-refractivity contribution is -0.121. The summed E-state index contributed by atoms with van der Waals surface area (Å²) in [7, 11) is 3.25. The molecule has 0 unspecified atom stereocenters. The number of nitrogens with one attached hydrogen (secondary N) is 1. The molecule has 1 aliphatic heterocycles. The lowest BCUT2D eigenvalue weighted by atomic mass is 10.2. The lowest BCUT2D eigenvalue weighted by Crippen LogP contribution is -2.35. The largest absolute Gasteiger partial charge is 0.481 e. The van der Waals surface area contributed by atoms with E-state index in [1.165, 1.54) is 11.0 Å². The predicted molar refractivity (Wildman–Crippen MR) is 102 cm³/mol. The van der Waals surface area contributed by atoms with Crippen LogP contribution in [0.2, 0.25) is 0 Å². The number of carbonyl (C=O) groups excluding carboxylic acids is 2. The van der Waals surface area contributed by atoms with Gasteiger partial charge in [-0.05, 0) is 35.9 Å². The van der Waals surface area contributed by atoms with Gasteiger partial charge in [0.05, 0.1) is 5.69 Å². The molecule has 0 saturated heterocycles. The second-order valence-electron chi connectivity index (χ2n) is 5.87. The van der Waals surface area contributed by atoms with Crippen molar-refractivity contribution in [2.45, 2.75) is 0 Å². The van der Waals surface area contributed by atoms with E-state index in [1.54, 1.807) is 50.6 Å². The highest BCUT2D eigenvalue weighted by molar-refractivity contribution is 6.03. The van der Waals surface area contributed by atoms with Gasteiger partial charge < -0.3 is 24.4 Å². The van der Waals surface area contributed by atoms with Gasteiger partial charge in [0.25, 0.3) is 5.91 Å². The molecular formula is C20H20N2O5. The fourth-order valence-corrected chi connectivity index (χ4v) is 2.51.